The van der Waals surface area contributed by atoms with Crippen LogP contribution in [0.4, 0.5) is 5.82 Å². The number of nitrogens with one attached hydrogen (secondary N) is 1. The number of carbonyl (C=O) groups excluding carboxylic acids is 1. The first kappa shape index (κ1) is 21.0. The molecule has 30 heavy (non-hydrogen) atoms. The number of fused-ring (bicyclic) bond motifs is 1. The van der Waals surface area contributed by atoms with Gasteiger partial charge in [-0.25, -0.2) is 4.98 Å². The molecule has 0 aromatic carbocycles. The molecule has 1 N–H and O–H groups in total. The van der Waals surface area contributed by atoms with Crippen LogP contribution in [0.3, 0.4) is 0 Å². The summed E-state index contributed by atoms with van der Waals surface area (Å²) < 4.78 is 7.72. The van der Waals surface area contributed by atoms with Gasteiger partial charge in [-0.15, -0.1) is 0 Å². The Morgan fingerprint density at radius 2 is 2.23 bits per heavy atom. The van der Waals surface area contributed by atoms with Gasteiger partial charge in [-0.05, 0) is 43.9 Å². The molecule has 2 aliphatic rings. The Kier molecular flexibility index (Phi) is 6.21. The summed E-state index contributed by atoms with van der Waals surface area (Å²) in [4.78, 5) is 32.8. The van der Waals surface area contributed by atoms with Crippen LogP contribution in [0.1, 0.15) is 37.3 Å². The van der Waals surface area contributed by atoms with E-state index in [-0.39, 0.29) is 17.6 Å². The molecule has 1 unspecified atom stereocenters. The quantitative estimate of drug-likeness (QED) is 0.542. The van der Waals surface area contributed by atoms with Crippen molar-refractivity contribution in [3.63, 3.8) is 0 Å². The van der Waals surface area contributed by atoms with Crippen molar-refractivity contribution in [2.45, 2.75) is 39.2 Å². The zero-order valence-electron chi connectivity index (χ0n) is 17.0. The number of thiocarbonyl (C=S) groups is 1. The van der Waals surface area contributed by atoms with E-state index in [9.17, 15) is 9.59 Å². The molecule has 0 radical (unpaired) electrons. The van der Waals surface area contributed by atoms with Crippen molar-refractivity contribution in [1.29, 1.82) is 0 Å². The molecule has 4 heterocycles. The van der Waals surface area contributed by atoms with Gasteiger partial charge in [0.1, 0.15) is 15.8 Å². The molecule has 0 saturated carbocycles. The van der Waals surface area contributed by atoms with Crippen LogP contribution in [0.2, 0.25) is 0 Å². The molecule has 2 fully saturated rings. The maximum atomic E-state index is 13.3. The predicted octanol–water partition coefficient (Wildman–Crippen LogP) is 3.21. The minimum absolute atomic E-state index is 0.0962. The number of rotatable bonds is 6. The van der Waals surface area contributed by atoms with Gasteiger partial charge in [0.15, 0.2) is 0 Å². The van der Waals surface area contributed by atoms with Crippen molar-refractivity contribution in [1.82, 2.24) is 14.3 Å². The highest BCUT2D eigenvalue weighted by Crippen LogP contribution is 2.33. The third-order valence-corrected chi connectivity index (χ3v) is 6.50. The normalized spacial score (nSPS) is 20.7. The number of pyridine rings is 1. The molecule has 2 aromatic rings. The molecule has 1 atom stereocenters. The van der Waals surface area contributed by atoms with Gasteiger partial charge in [0.2, 0.25) is 0 Å². The van der Waals surface area contributed by atoms with Crippen LogP contribution in [-0.2, 0) is 9.53 Å². The molecular formula is C21H24N4O3S2. The molecule has 2 saturated heterocycles. The fourth-order valence-corrected chi connectivity index (χ4v) is 4.88. The van der Waals surface area contributed by atoms with Crippen LogP contribution in [0.5, 0.6) is 0 Å². The third-order valence-electron chi connectivity index (χ3n) is 5.12. The Labute approximate surface area is 184 Å². The van der Waals surface area contributed by atoms with Crippen LogP contribution in [0.15, 0.2) is 28.0 Å². The zero-order valence-corrected chi connectivity index (χ0v) is 18.6. The van der Waals surface area contributed by atoms with Gasteiger partial charge in [-0.2, -0.15) is 0 Å². The first-order valence-electron chi connectivity index (χ1n) is 10.1. The summed E-state index contributed by atoms with van der Waals surface area (Å²) >= 11 is 6.58. The van der Waals surface area contributed by atoms with Crippen molar-refractivity contribution in [3.8, 4) is 0 Å². The molecule has 1 amide bonds. The van der Waals surface area contributed by atoms with Crippen molar-refractivity contribution >= 4 is 51.7 Å². The molecule has 0 spiro atoms. The van der Waals surface area contributed by atoms with Crippen LogP contribution >= 0.6 is 24.0 Å². The van der Waals surface area contributed by atoms with Crippen molar-refractivity contribution in [2.24, 2.45) is 0 Å². The summed E-state index contributed by atoms with van der Waals surface area (Å²) in [6.45, 7) is 5.81. The van der Waals surface area contributed by atoms with Crippen LogP contribution in [0.25, 0.3) is 11.7 Å². The minimum Gasteiger partial charge on any atom is -0.376 e. The number of thioether (sulfide) groups is 1. The lowest BCUT2D eigenvalue weighted by Gasteiger charge is -2.14. The van der Waals surface area contributed by atoms with Crippen LogP contribution < -0.4 is 10.9 Å². The maximum absolute atomic E-state index is 13.3. The molecule has 9 heteroatoms. The molecule has 2 aromatic heterocycles. The second-order valence-corrected chi connectivity index (χ2v) is 9.14. The van der Waals surface area contributed by atoms with Gasteiger partial charge in [0.25, 0.3) is 11.5 Å². The fraction of sp³-hybridized carbons (Fsp3) is 0.429. The zero-order chi connectivity index (χ0) is 21.3. The number of hydrogen-bond acceptors (Lipinski definition) is 7. The van der Waals surface area contributed by atoms with E-state index in [1.807, 2.05) is 26.0 Å². The smallest absolute Gasteiger partial charge is 0.267 e. The summed E-state index contributed by atoms with van der Waals surface area (Å²) in [5.41, 5.74) is 1.63. The molecular weight excluding hydrogens is 420 g/mol. The highest BCUT2D eigenvalue weighted by Gasteiger charge is 2.32. The van der Waals surface area contributed by atoms with E-state index in [0.717, 1.165) is 31.4 Å². The highest BCUT2D eigenvalue weighted by molar-refractivity contribution is 8.26. The van der Waals surface area contributed by atoms with E-state index in [1.165, 1.54) is 16.2 Å². The number of aryl methyl sites for hydroxylation is 1. The van der Waals surface area contributed by atoms with Gasteiger partial charge in [-0.3, -0.25) is 18.9 Å². The van der Waals surface area contributed by atoms with Crippen molar-refractivity contribution < 1.29 is 9.53 Å². The first-order valence-corrected chi connectivity index (χ1v) is 11.3. The number of carbonyl (C=O) groups is 1. The highest BCUT2D eigenvalue weighted by atomic mass is 32.2. The number of ether oxygens (including phenoxy) is 1. The number of aromatic nitrogens is 2. The number of nitrogens with zero attached hydrogens (tertiary/aromatic N) is 3. The van der Waals surface area contributed by atoms with Gasteiger partial charge in [0.05, 0.1) is 16.6 Å². The van der Waals surface area contributed by atoms with E-state index in [2.05, 4.69) is 10.3 Å². The topological polar surface area (TPSA) is 75.9 Å². The Balaban J connectivity index is 1.76. The lowest BCUT2D eigenvalue weighted by Crippen LogP contribution is -2.28. The largest absolute Gasteiger partial charge is 0.376 e. The second-order valence-electron chi connectivity index (χ2n) is 7.46. The minimum atomic E-state index is -0.223. The fourth-order valence-electron chi connectivity index (χ4n) is 3.59. The van der Waals surface area contributed by atoms with E-state index in [4.69, 9.17) is 17.0 Å². The molecule has 158 valence electrons. The molecule has 0 aliphatic carbocycles. The Morgan fingerprint density at radius 3 is 2.97 bits per heavy atom. The van der Waals surface area contributed by atoms with E-state index in [0.29, 0.717) is 39.3 Å². The van der Waals surface area contributed by atoms with Gasteiger partial charge >= 0.3 is 0 Å². The molecule has 7 nitrogen and oxygen atoms in total. The van der Waals surface area contributed by atoms with Crippen molar-refractivity contribution in [2.75, 3.05) is 25.0 Å². The predicted molar refractivity (Wildman–Crippen MR) is 124 cm³/mol. The Hall–Kier alpha value is -2.23. The first-order chi connectivity index (χ1) is 14.5. The third kappa shape index (κ3) is 4.14. The van der Waals surface area contributed by atoms with E-state index < -0.39 is 0 Å². The van der Waals surface area contributed by atoms with E-state index in [1.54, 1.807) is 17.2 Å². The van der Waals surface area contributed by atoms with Crippen LogP contribution in [-0.4, -0.2) is 50.3 Å². The summed E-state index contributed by atoms with van der Waals surface area (Å²) in [5.74, 6) is 0.297. The average Bonchev–Trinajstić information content (AvgIpc) is 3.33. The van der Waals surface area contributed by atoms with Gasteiger partial charge in [-0.1, -0.05) is 37.0 Å². The molecule has 4 rings (SSSR count). The van der Waals surface area contributed by atoms with E-state index >= 15 is 0 Å². The Morgan fingerprint density at radius 1 is 1.40 bits per heavy atom. The second kappa shape index (κ2) is 8.87. The Bertz CT molecular complexity index is 1090. The number of hydrogen-bond donors (Lipinski definition) is 1. The SMILES string of the molecule is CCCN1C(=O)/C(=C\c2c(NCC3CCCO3)nc3ccc(C)cn3c2=O)SC1=S. The van der Waals surface area contributed by atoms with Gasteiger partial charge < -0.3 is 10.1 Å². The van der Waals surface area contributed by atoms with Crippen LogP contribution in [0, 0.1) is 6.92 Å². The summed E-state index contributed by atoms with van der Waals surface area (Å²) in [6, 6.07) is 3.74. The summed E-state index contributed by atoms with van der Waals surface area (Å²) in [5, 5.41) is 3.28. The average molecular weight is 445 g/mol. The maximum Gasteiger partial charge on any atom is 0.267 e. The van der Waals surface area contributed by atoms with Gasteiger partial charge in [0, 0.05) is 25.9 Å². The lowest BCUT2D eigenvalue weighted by molar-refractivity contribution is -0.122. The molecule has 2 aliphatic heterocycles. The lowest BCUT2D eigenvalue weighted by atomic mass is 10.2. The number of amides is 1. The molecule has 0 bridgehead atoms. The summed E-state index contributed by atoms with van der Waals surface area (Å²) in [7, 11) is 0. The standard InChI is InChI=1S/C21H24N4O3S2/c1-3-8-24-20(27)16(30-21(24)29)10-15-18(22-11-14-5-4-9-28-14)23-17-7-6-13(2)12-25(17)19(15)26/h6-7,10,12,14,22H,3-5,8-9,11H2,1-2H3/b16-10+. The summed E-state index contributed by atoms with van der Waals surface area (Å²) in [6.07, 6.45) is 6.30. The number of anilines is 1. The van der Waals surface area contributed by atoms with Crippen molar-refractivity contribution in [3.05, 3.63) is 44.7 Å². The monoisotopic (exact) mass is 444 g/mol.